The molecule has 0 aliphatic heterocycles. The highest BCUT2D eigenvalue weighted by molar-refractivity contribution is 5.78. The first-order valence-electron chi connectivity index (χ1n) is 7.83. The Morgan fingerprint density at radius 2 is 1.56 bits per heavy atom. The van der Waals surface area contributed by atoms with E-state index < -0.39 is 5.97 Å². The van der Waals surface area contributed by atoms with Crippen LogP contribution in [0.2, 0.25) is 0 Å². The second-order valence-electron chi connectivity index (χ2n) is 7.76. The van der Waals surface area contributed by atoms with Crippen LogP contribution in [-0.4, -0.2) is 11.1 Å². The van der Waals surface area contributed by atoms with Gasteiger partial charge in [-0.25, -0.2) is 0 Å². The van der Waals surface area contributed by atoms with E-state index in [0.717, 1.165) is 42.4 Å². The predicted molar refractivity (Wildman–Crippen MR) is 69.0 cm³/mol. The van der Waals surface area contributed by atoms with Gasteiger partial charge < -0.3 is 5.11 Å². The zero-order valence-electron chi connectivity index (χ0n) is 11.3. The van der Waals surface area contributed by atoms with Crippen LogP contribution in [-0.2, 0) is 4.79 Å². The molecule has 1 atom stereocenters. The van der Waals surface area contributed by atoms with Gasteiger partial charge in [-0.15, -0.1) is 0 Å². The summed E-state index contributed by atoms with van der Waals surface area (Å²) >= 11 is 0. The summed E-state index contributed by atoms with van der Waals surface area (Å²) in [7, 11) is 0. The molecule has 0 aromatic carbocycles. The van der Waals surface area contributed by atoms with Crippen molar-refractivity contribution in [2.75, 3.05) is 0 Å². The Bertz CT molecular complexity index is 355. The summed E-state index contributed by atoms with van der Waals surface area (Å²) in [5.41, 5.74) is -0.319. The molecule has 5 fully saturated rings. The molecule has 1 unspecified atom stereocenters. The van der Waals surface area contributed by atoms with Crippen LogP contribution in [0.4, 0.5) is 0 Å². The molecular weight excluding hydrogens is 224 g/mol. The molecule has 0 heterocycles. The largest absolute Gasteiger partial charge is 0.481 e. The Labute approximate surface area is 109 Å². The zero-order valence-corrected chi connectivity index (χ0v) is 11.3. The monoisotopic (exact) mass is 248 g/mol. The Morgan fingerprint density at radius 1 is 1.06 bits per heavy atom. The van der Waals surface area contributed by atoms with Crippen LogP contribution in [0.25, 0.3) is 0 Å². The molecule has 5 rings (SSSR count). The summed E-state index contributed by atoms with van der Waals surface area (Å²) < 4.78 is 0. The van der Waals surface area contributed by atoms with E-state index >= 15 is 0 Å². The summed E-state index contributed by atoms with van der Waals surface area (Å²) in [6.45, 7) is 2.26. The van der Waals surface area contributed by atoms with E-state index in [9.17, 15) is 9.90 Å². The maximum Gasteiger partial charge on any atom is 0.309 e. The highest BCUT2D eigenvalue weighted by Crippen LogP contribution is 2.64. The minimum absolute atomic E-state index is 0.319. The van der Waals surface area contributed by atoms with Crippen LogP contribution in [0.1, 0.15) is 51.9 Å². The van der Waals surface area contributed by atoms with Gasteiger partial charge in [-0.05, 0) is 80.5 Å². The Balaban J connectivity index is 1.60. The smallest absolute Gasteiger partial charge is 0.309 e. The minimum atomic E-state index is -0.510. The average molecular weight is 248 g/mol. The summed E-state index contributed by atoms with van der Waals surface area (Å²) in [4.78, 5) is 11.6. The fraction of sp³-hybridized carbons (Fsp3) is 0.938. The van der Waals surface area contributed by atoms with Gasteiger partial charge in [0, 0.05) is 0 Å². The van der Waals surface area contributed by atoms with Crippen LogP contribution < -0.4 is 0 Å². The Morgan fingerprint density at radius 3 is 1.94 bits per heavy atom. The third-order valence-electron chi connectivity index (χ3n) is 6.96. The van der Waals surface area contributed by atoms with Gasteiger partial charge in [0.15, 0.2) is 0 Å². The minimum Gasteiger partial charge on any atom is -0.481 e. The first kappa shape index (κ1) is 11.3. The summed E-state index contributed by atoms with van der Waals surface area (Å²) in [6.07, 6.45) is 9.02. The molecular formula is C16H24O2. The molecule has 0 spiro atoms. The van der Waals surface area contributed by atoms with E-state index in [4.69, 9.17) is 0 Å². The van der Waals surface area contributed by atoms with E-state index in [1.165, 1.54) is 32.1 Å². The number of carboxylic acid groups (broad SMARTS) is 1. The number of hydrogen-bond donors (Lipinski definition) is 1. The highest BCUT2D eigenvalue weighted by atomic mass is 16.4. The van der Waals surface area contributed by atoms with Gasteiger partial charge in [-0.2, -0.15) is 0 Å². The maximum atomic E-state index is 11.6. The Hall–Kier alpha value is -0.530. The standard InChI is InChI=1S/C16H24O2/c1-9(16(2-3-16)15(17)18)14-12-5-10-4-11(7-12)8-13(14)6-10/h9-14H,2-8H2,1H3,(H,17,18). The molecule has 0 aromatic heterocycles. The lowest BCUT2D eigenvalue weighted by atomic mass is 9.48. The molecule has 1 N–H and O–H groups in total. The molecule has 0 radical (unpaired) electrons. The van der Waals surface area contributed by atoms with Gasteiger partial charge in [0.2, 0.25) is 0 Å². The van der Waals surface area contributed by atoms with E-state index in [1.54, 1.807) is 0 Å². The first-order valence-corrected chi connectivity index (χ1v) is 7.83. The molecule has 18 heavy (non-hydrogen) atoms. The van der Waals surface area contributed by atoms with E-state index in [1.807, 2.05) is 0 Å². The summed E-state index contributed by atoms with van der Waals surface area (Å²) in [5, 5.41) is 9.53. The van der Waals surface area contributed by atoms with E-state index in [0.29, 0.717) is 5.92 Å². The molecule has 0 aromatic rings. The van der Waals surface area contributed by atoms with Crippen molar-refractivity contribution < 1.29 is 9.90 Å². The summed E-state index contributed by atoms with van der Waals surface area (Å²) in [6, 6.07) is 0. The van der Waals surface area contributed by atoms with Crippen LogP contribution in [0.15, 0.2) is 0 Å². The zero-order chi connectivity index (χ0) is 12.5. The first-order chi connectivity index (χ1) is 8.60. The number of rotatable bonds is 3. The van der Waals surface area contributed by atoms with Crippen molar-refractivity contribution in [3.63, 3.8) is 0 Å². The van der Waals surface area contributed by atoms with Crippen molar-refractivity contribution in [1.29, 1.82) is 0 Å². The molecule has 2 nitrogen and oxygen atoms in total. The van der Waals surface area contributed by atoms with Crippen LogP contribution in [0.3, 0.4) is 0 Å². The molecule has 5 saturated carbocycles. The van der Waals surface area contributed by atoms with Gasteiger partial charge in [0.25, 0.3) is 0 Å². The van der Waals surface area contributed by atoms with E-state index in [-0.39, 0.29) is 5.41 Å². The fourth-order valence-corrected chi connectivity index (χ4v) is 6.15. The molecule has 100 valence electrons. The van der Waals surface area contributed by atoms with Gasteiger partial charge in [0.05, 0.1) is 5.41 Å². The van der Waals surface area contributed by atoms with Crippen molar-refractivity contribution in [2.24, 2.45) is 40.9 Å². The third-order valence-corrected chi connectivity index (χ3v) is 6.96. The number of carboxylic acids is 1. The quantitative estimate of drug-likeness (QED) is 0.829. The Kier molecular flexibility index (Phi) is 2.21. The van der Waals surface area contributed by atoms with Crippen LogP contribution in [0, 0.1) is 40.9 Å². The van der Waals surface area contributed by atoms with Crippen molar-refractivity contribution in [2.45, 2.75) is 51.9 Å². The van der Waals surface area contributed by atoms with Gasteiger partial charge in [0.1, 0.15) is 0 Å². The van der Waals surface area contributed by atoms with Gasteiger partial charge >= 0.3 is 5.97 Å². The highest BCUT2D eigenvalue weighted by Gasteiger charge is 2.60. The number of carbonyl (C=O) groups is 1. The SMILES string of the molecule is CC(C1C2CC3CC(C2)CC1C3)C1(C(=O)O)CC1. The van der Waals surface area contributed by atoms with Crippen molar-refractivity contribution in [1.82, 2.24) is 0 Å². The molecule has 5 aliphatic carbocycles. The second kappa shape index (κ2) is 3.52. The molecule has 2 heteroatoms. The number of hydrogen-bond acceptors (Lipinski definition) is 1. The van der Waals surface area contributed by atoms with E-state index in [2.05, 4.69) is 6.92 Å². The molecule has 5 aliphatic rings. The number of aliphatic carboxylic acids is 1. The van der Waals surface area contributed by atoms with Gasteiger partial charge in [-0.1, -0.05) is 6.92 Å². The van der Waals surface area contributed by atoms with Crippen molar-refractivity contribution in [3.8, 4) is 0 Å². The lowest BCUT2D eigenvalue weighted by molar-refractivity contribution is -0.150. The summed E-state index contributed by atoms with van der Waals surface area (Å²) in [5.74, 6) is 4.37. The molecule has 4 bridgehead atoms. The average Bonchev–Trinajstić information content (AvgIpc) is 3.07. The third kappa shape index (κ3) is 1.38. The predicted octanol–water partition coefficient (Wildman–Crippen LogP) is 3.56. The lowest BCUT2D eigenvalue weighted by Gasteiger charge is -2.57. The van der Waals surface area contributed by atoms with Crippen LogP contribution >= 0.6 is 0 Å². The molecule has 0 amide bonds. The van der Waals surface area contributed by atoms with Gasteiger partial charge in [-0.3, -0.25) is 4.79 Å². The van der Waals surface area contributed by atoms with Crippen molar-refractivity contribution in [3.05, 3.63) is 0 Å². The van der Waals surface area contributed by atoms with Crippen LogP contribution in [0.5, 0.6) is 0 Å². The maximum absolute atomic E-state index is 11.6. The normalized spacial score (nSPS) is 49.1. The molecule has 0 saturated heterocycles. The fourth-order valence-electron chi connectivity index (χ4n) is 6.15. The topological polar surface area (TPSA) is 37.3 Å². The van der Waals surface area contributed by atoms with Crippen molar-refractivity contribution >= 4 is 5.97 Å². The second-order valence-corrected chi connectivity index (χ2v) is 7.76. The lowest BCUT2D eigenvalue weighted by Crippen LogP contribution is -2.49.